The third-order valence-electron chi connectivity index (χ3n) is 6.94. The topological polar surface area (TPSA) is 312 Å². The number of ether oxygens (including phenoxy) is 4. The van der Waals surface area contributed by atoms with Crippen molar-refractivity contribution in [3.05, 3.63) is 0 Å². The van der Waals surface area contributed by atoms with Crippen LogP contribution in [-0.2, 0) is 23.7 Å². The molecule has 17 nitrogen and oxygen atoms in total. The molecule has 0 radical (unpaired) electrons. The van der Waals surface area contributed by atoms with Gasteiger partial charge in [-0.15, -0.1) is 0 Å². The predicted octanol–water partition coefficient (Wildman–Crippen LogP) is -8.18. The van der Waals surface area contributed by atoms with Crippen molar-refractivity contribution in [1.29, 1.82) is 0 Å². The van der Waals surface area contributed by atoms with E-state index in [-0.39, 0.29) is 19.5 Å². The number of rotatable bonds is 9. The fourth-order valence-electron chi connectivity index (χ4n) is 4.66. The number of nitrogens with two attached hydrogens (primary N) is 4. The van der Waals surface area contributed by atoms with Crippen LogP contribution < -0.4 is 28.3 Å². The summed E-state index contributed by atoms with van der Waals surface area (Å²) in [6, 6.07) is -3.31. The summed E-state index contributed by atoms with van der Waals surface area (Å²) in [5.41, 5.74) is 23.2. The molecule has 216 valence electrons. The Morgan fingerprint density at radius 2 is 1.49 bits per heavy atom. The molecule has 1 aliphatic carbocycles. The van der Waals surface area contributed by atoms with Crippen molar-refractivity contribution in [2.45, 2.75) is 98.2 Å². The number of nitrogens with one attached hydrogen (secondary N) is 1. The van der Waals surface area contributed by atoms with Crippen LogP contribution >= 0.6 is 0 Å². The van der Waals surface area contributed by atoms with E-state index >= 15 is 0 Å². The summed E-state index contributed by atoms with van der Waals surface area (Å²) in [5, 5.41) is 73.5. The molecule has 3 fully saturated rings. The molecule has 37 heavy (non-hydrogen) atoms. The van der Waals surface area contributed by atoms with E-state index in [1.165, 1.54) is 0 Å². The Bertz CT molecular complexity index is 755. The van der Waals surface area contributed by atoms with Crippen molar-refractivity contribution in [2.75, 3.05) is 19.7 Å². The number of aliphatic hydroxyl groups excluding tert-OH is 7. The molecular weight excluding hydrogens is 502 g/mol. The maximum atomic E-state index is 12.2. The minimum Gasteiger partial charge on any atom is -0.394 e. The van der Waals surface area contributed by atoms with Crippen LogP contribution in [0.4, 0.5) is 0 Å². The number of aliphatic hydroxyl groups is 7. The molecule has 2 heterocycles. The largest absolute Gasteiger partial charge is 0.394 e. The van der Waals surface area contributed by atoms with Gasteiger partial charge in [0.25, 0.3) is 0 Å². The number of hydrogen-bond donors (Lipinski definition) is 12. The van der Waals surface area contributed by atoms with Crippen molar-refractivity contribution in [2.24, 2.45) is 22.9 Å². The maximum Gasteiger partial charge on any atom is 0.250 e. The molecule has 3 aliphatic rings. The van der Waals surface area contributed by atoms with Crippen molar-refractivity contribution in [1.82, 2.24) is 5.32 Å². The van der Waals surface area contributed by atoms with E-state index in [0.29, 0.717) is 0 Å². The molecule has 2 aliphatic heterocycles. The molecule has 16 N–H and O–H groups in total. The molecule has 1 saturated carbocycles. The second kappa shape index (κ2) is 12.8. The Labute approximate surface area is 212 Å². The van der Waals surface area contributed by atoms with Gasteiger partial charge in [-0.2, -0.15) is 0 Å². The van der Waals surface area contributed by atoms with Crippen LogP contribution in [0.15, 0.2) is 0 Å². The average molecular weight is 542 g/mol. The quantitative estimate of drug-likeness (QED) is 0.129. The molecule has 0 aromatic rings. The molecule has 0 bridgehead atoms. The van der Waals surface area contributed by atoms with Crippen molar-refractivity contribution in [3.8, 4) is 0 Å². The van der Waals surface area contributed by atoms with Crippen molar-refractivity contribution >= 4 is 5.91 Å². The predicted molar refractivity (Wildman–Crippen MR) is 121 cm³/mol. The molecule has 2 saturated heterocycles. The number of hydrogen-bond acceptors (Lipinski definition) is 16. The van der Waals surface area contributed by atoms with E-state index in [9.17, 15) is 40.5 Å². The minimum absolute atomic E-state index is 0.0852. The van der Waals surface area contributed by atoms with Gasteiger partial charge in [-0.05, 0) is 6.42 Å². The van der Waals surface area contributed by atoms with Gasteiger partial charge in [0.15, 0.2) is 12.6 Å². The van der Waals surface area contributed by atoms with Gasteiger partial charge < -0.3 is 82.9 Å². The third-order valence-corrected chi connectivity index (χ3v) is 6.94. The smallest absolute Gasteiger partial charge is 0.250 e. The Morgan fingerprint density at radius 1 is 0.892 bits per heavy atom. The molecule has 11 unspecified atom stereocenters. The van der Waals surface area contributed by atoms with Crippen LogP contribution in [0, 0.1) is 0 Å². The first-order chi connectivity index (χ1) is 17.4. The number of carbonyl (C=O) groups is 1. The van der Waals surface area contributed by atoms with E-state index in [0.717, 1.165) is 0 Å². The average Bonchev–Trinajstić information content (AvgIpc) is 3.15. The van der Waals surface area contributed by atoms with E-state index in [1.54, 1.807) is 0 Å². The lowest BCUT2D eigenvalue weighted by Gasteiger charge is -2.48. The van der Waals surface area contributed by atoms with E-state index in [4.69, 9.17) is 41.9 Å². The summed E-state index contributed by atoms with van der Waals surface area (Å²) < 4.78 is 22.6. The fraction of sp³-hybridized carbons (Fsp3) is 0.950. The summed E-state index contributed by atoms with van der Waals surface area (Å²) in [7, 11) is 0. The summed E-state index contributed by atoms with van der Waals surface area (Å²) in [6.07, 6.45) is -17.0. The van der Waals surface area contributed by atoms with Gasteiger partial charge in [-0.3, -0.25) is 4.79 Å². The van der Waals surface area contributed by atoms with E-state index in [2.05, 4.69) is 5.32 Å². The van der Waals surface area contributed by atoms with Crippen LogP contribution in [0.1, 0.15) is 6.42 Å². The summed E-state index contributed by atoms with van der Waals surface area (Å²) in [4.78, 5) is 12.2. The second-order valence-corrected chi connectivity index (χ2v) is 9.50. The lowest BCUT2D eigenvalue weighted by atomic mass is 9.83. The standard InChI is InChI=1S/C20H39N5O12/c21-2-7(27)18(33)25-6-1-5(23)16(36-19-10(24)14(31)12(29)8(3-22)34-19)17(11(6)28)37-20-15(32)13(30)9(4-26)35-20/h5-17,19-20,26-32H,1-4,21-24H2,(H,25,33)/t5?,6?,7?,8?,9-,10?,11?,12?,13+,14?,15+,16?,17?,19?,20+/m1/s1. The molecule has 17 heteroatoms. The highest BCUT2D eigenvalue weighted by molar-refractivity contribution is 5.81. The Morgan fingerprint density at radius 3 is 2.05 bits per heavy atom. The van der Waals surface area contributed by atoms with Crippen LogP contribution in [0.25, 0.3) is 0 Å². The monoisotopic (exact) mass is 541 g/mol. The number of carbonyl (C=O) groups excluding carboxylic acids is 1. The molecule has 0 spiro atoms. The van der Waals surface area contributed by atoms with Gasteiger partial charge in [0, 0.05) is 19.1 Å². The fourth-order valence-corrected chi connectivity index (χ4v) is 4.66. The zero-order valence-corrected chi connectivity index (χ0v) is 20.0. The molecule has 0 aromatic carbocycles. The first kappa shape index (κ1) is 30.4. The Hall–Kier alpha value is -1.13. The van der Waals surface area contributed by atoms with Crippen LogP contribution in [0.3, 0.4) is 0 Å². The van der Waals surface area contributed by atoms with E-state index < -0.39 is 104 Å². The maximum absolute atomic E-state index is 12.2. The first-order valence-electron chi connectivity index (χ1n) is 12.0. The first-order valence-corrected chi connectivity index (χ1v) is 12.0. The van der Waals surface area contributed by atoms with E-state index in [1.807, 2.05) is 0 Å². The highest BCUT2D eigenvalue weighted by Gasteiger charge is 2.52. The Balaban J connectivity index is 1.84. The third kappa shape index (κ3) is 6.38. The zero-order chi connectivity index (χ0) is 27.6. The van der Waals surface area contributed by atoms with Crippen LogP contribution in [0.5, 0.6) is 0 Å². The summed E-state index contributed by atoms with van der Waals surface area (Å²) in [5.74, 6) is -0.870. The van der Waals surface area contributed by atoms with Gasteiger partial charge in [0.1, 0.15) is 61.0 Å². The zero-order valence-electron chi connectivity index (χ0n) is 20.0. The van der Waals surface area contributed by atoms with Crippen molar-refractivity contribution < 1.29 is 59.5 Å². The molecule has 1 amide bonds. The number of amides is 1. The molecular formula is C20H39N5O12. The minimum atomic E-state index is -1.62. The van der Waals surface area contributed by atoms with Gasteiger partial charge in [-0.25, -0.2) is 0 Å². The van der Waals surface area contributed by atoms with Crippen molar-refractivity contribution in [3.63, 3.8) is 0 Å². The van der Waals surface area contributed by atoms with Gasteiger partial charge in [-0.1, -0.05) is 0 Å². The lowest BCUT2D eigenvalue weighted by Crippen LogP contribution is -2.69. The summed E-state index contributed by atoms with van der Waals surface area (Å²) in [6.45, 7) is -1.18. The highest BCUT2D eigenvalue weighted by Crippen LogP contribution is 2.32. The van der Waals surface area contributed by atoms with Crippen LogP contribution in [0.2, 0.25) is 0 Å². The van der Waals surface area contributed by atoms with Gasteiger partial charge >= 0.3 is 0 Å². The molecule has 3 rings (SSSR count). The SMILES string of the molecule is NCC(O)C(=O)NC1CC(N)C(OC2OC(CN)C(O)C(O)C2N)C(O[C@@H]2O[C@H](CO)[C@H](O)[C@@H]2O)C1O. The molecule has 15 atom stereocenters. The highest BCUT2D eigenvalue weighted by atomic mass is 16.7. The van der Waals surface area contributed by atoms with Gasteiger partial charge in [0.2, 0.25) is 5.91 Å². The van der Waals surface area contributed by atoms with Gasteiger partial charge in [0.05, 0.1) is 18.7 Å². The Kier molecular flexibility index (Phi) is 10.5. The second-order valence-electron chi connectivity index (χ2n) is 9.50. The normalized spacial score (nSPS) is 47.5. The van der Waals surface area contributed by atoms with Crippen LogP contribution in [-0.4, -0.2) is 153 Å². The summed E-state index contributed by atoms with van der Waals surface area (Å²) >= 11 is 0. The molecule has 0 aromatic heterocycles. The lowest BCUT2D eigenvalue weighted by molar-refractivity contribution is -0.307.